The number of alkyl halides is 3. The molecule has 0 fully saturated rings. The lowest BCUT2D eigenvalue weighted by atomic mass is 9.82. The van der Waals surface area contributed by atoms with Crippen LogP contribution in [0.25, 0.3) is 0 Å². The first-order valence-corrected chi connectivity index (χ1v) is 11.3. The summed E-state index contributed by atoms with van der Waals surface area (Å²) in [5, 5.41) is 4.30. The molecule has 178 valence electrons. The zero-order chi connectivity index (χ0) is 24.6. The molecule has 12 heteroatoms. The predicted octanol–water partition coefficient (Wildman–Crippen LogP) is 4.56. The van der Waals surface area contributed by atoms with Crippen LogP contribution >= 0.6 is 11.6 Å². The van der Waals surface area contributed by atoms with Gasteiger partial charge in [-0.1, -0.05) is 11.6 Å². The molecule has 1 N–H and O–H groups in total. The van der Waals surface area contributed by atoms with Crippen LogP contribution < -0.4 is 4.72 Å². The standard InChI is InChI=1S/C21H22ClF4N5OS/c1-19(2,3)33(32)30-20(10-18-28-12-29-31(18)4,17-6-5-15(22)11-27-17)13-7-14(21(24,25)26)9-16(23)8-13/h5-9,11-12,30H,10H2,1-4H3. The molecule has 33 heavy (non-hydrogen) atoms. The molecule has 0 radical (unpaired) electrons. The second-order valence-corrected chi connectivity index (χ2v) is 10.9. The third-order valence-electron chi connectivity index (χ3n) is 4.93. The first kappa shape index (κ1) is 25.3. The number of aryl methyl sites for hydroxylation is 1. The second-order valence-electron chi connectivity index (χ2n) is 8.45. The zero-order valence-corrected chi connectivity index (χ0v) is 19.8. The molecule has 0 aliphatic heterocycles. The van der Waals surface area contributed by atoms with Gasteiger partial charge in [-0.3, -0.25) is 9.67 Å². The first-order chi connectivity index (χ1) is 15.2. The number of hydrogen-bond acceptors (Lipinski definition) is 4. The van der Waals surface area contributed by atoms with Crippen LogP contribution in [0.2, 0.25) is 5.02 Å². The summed E-state index contributed by atoms with van der Waals surface area (Å²) < 4.78 is 72.1. The van der Waals surface area contributed by atoms with Gasteiger partial charge in [0.1, 0.15) is 23.5 Å². The van der Waals surface area contributed by atoms with Gasteiger partial charge in [0.2, 0.25) is 0 Å². The fourth-order valence-corrected chi connectivity index (χ4v) is 4.17. The van der Waals surface area contributed by atoms with Crippen LogP contribution in [0.3, 0.4) is 0 Å². The fraction of sp³-hybridized carbons (Fsp3) is 0.381. The smallest absolute Gasteiger partial charge is 0.257 e. The SMILES string of the molecule is Cn1ncnc1CC(NS(=O)C(C)(C)C)(c1cc(F)cc(C(F)(F)F)c1)c1ccc(Cl)cn1. The van der Waals surface area contributed by atoms with E-state index in [-0.39, 0.29) is 17.7 Å². The summed E-state index contributed by atoms with van der Waals surface area (Å²) in [6.07, 6.45) is -2.33. The lowest BCUT2D eigenvalue weighted by Gasteiger charge is -2.37. The lowest BCUT2D eigenvalue weighted by Crippen LogP contribution is -2.51. The Bertz CT molecular complexity index is 1160. The monoisotopic (exact) mass is 503 g/mol. The van der Waals surface area contributed by atoms with Gasteiger partial charge in [0.25, 0.3) is 0 Å². The number of hydrogen-bond donors (Lipinski definition) is 1. The van der Waals surface area contributed by atoms with E-state index in [9.17, 15) is 21.8 Å². The summed E-state index contributed by atoms with van der Waals surface area (Å²) >= 11 is 5.99. The number of halogens is 5. The minimum Gasteiger partial charge on any atom is -0.257 e. The second kappa shape index (κ2) is 9.11. The highest BCUT2D eigenvalue weighted by atomic mass is 35.5. The van der Waals surface area contributed by atoms with E-state index >= 15 is 0 Å². The van der Waals surface area contributed by atoms with Crippen molar-refractivity contribution in [2.75, 3.05) is 0 Å². The quantitative estimate of drug-likeness (QED) is 0.501. The van der Waals surface area contributed by atoms with E-state index < -0.39 is 38.8 Å². The van der Waals surface area contributed by atoms with Gasteiger partial charge in [-0.05, 0) is 56.7 Å². The number of nitrogens with zero attached hydrogens (tertiary/aromatic N) is 4. The van der Waals surface area contributed by atoms with E-state index in [2.05, 4.69) is 19.8 Å². The summed E-state index contributed by atoms with van der Waals surface area (Å²) in [5.41, 5.74) is -2.78. The highest BCUT2D eigenvalue weighted by Crippen LogP contribution is 2.38. The highest BCUT2D eigenvalue weighted by Gasteiger charge is 2.43. The van der Waals surface area contributed by atoms with E-state index in [1.54, 1.807) is 27.8 Å². The molecule has 0 saturated heterocycles. The van der Waals surface area contributed by atoms with Gasteiger partial charge in [0.15, 0.2) is 0 Å². The van der Waals surface area contributed by atoms with Crippen molar-refractivity contribution in [1.82, 2.24) is 24.5 Å². The van der Waals surface area contributed by atoms with Crippen LogP contribution in [0, 0.1) is 5.82 Å². The molecule has 2 aromatic heterocycles. The fourth-order valence-electron chi connectivity index (χ4n) is 3.14. The zero-order valence-electron chi connectivity index (χ0n) is 18.2. The van der Waals surface area contributed by atoms with Gasteiger partial charge in [-0.2, -0.15) is 18.3 Å². The summed E-state index contributed by atoms with van der Waals surface area (Å²) in [4.78, 5) is 8.48. The summed E-state index contributed by atoms with van der Waals surface area (Å²) in [5.74, 6) is -0.748. The number of benzene rings is 1. The molecule has 1 aromatic carbocycles. The van der Waals surface area contributed by atoms with E-state index in [1.807, 2.05) is 0 Å². The van der Waals surface area contributed by atoms with Crippen molar-refractivity contribution < 1.29 is 21.8 Å². The van der Waals surface area contributed by atoms with E-state index in [4.69, 9.17) is 11.6 Å². The minimum atomic E-state index is -4.80. The molecule has 2 unspecified atom stereocenters. The van der Waals surface area contributed by atoms with Crippen LogP contribution in [-0.2, 0) is 36.2 Å². The van der Waals surface area contributed by atoms with Crippen molar-refractivity contribution in [3.63, 3.8) is 0 Å². The lowest BCUT2D eigenvalue weighted by molar-refractivity contribution is -0.137. The Hall–Kier alpha value is -2.37. The molecule has 0 spiro atoms. The van der Waals surface area contributed by atoms with Crippen molar-refractivity contribution in [3.8, 4) is 0 Å². The largest absolute Gasteiger partial charge is 0.416 e. The van der Waals surface area contributed by atoms with Crippen LogP contribution in [0.5, 0.6) is 0 Å². The Balaban J connectivity index is 2.35. The van der Waals surface area contributed by atoms with Crippen molar-refractivity contribution in [1.29, 1.82) is 0 Å². The molecule has 2 atom stereocenters. The topological polar surface area (TPSA) is 72.7 Å². The maximum Gasteiger partial charge on any atom is 0.416 e. The molecule has 0 amide bonds. The van der Waals surface area contributed by atoms with Crippen LogP contribution in [0.15, 0.2) is 42.9 Å². The van der Waals surface area contributed by atoms with Crippen molar-refractivity contribution in [2.45, 2.75) is 43.7 Å². The molecular formula is C21H22ClF4N5OS. The Morgan fingerprint density at radius 2 is 1.76 bits per heavy atom. The van der Waals surface area contributed by atoms with Crippen LogP contribution in [0.1, 0.15) is 43.4 Å². The normalized spacial score (nSPS) is 15.3. The van der Waals surface area contributed by atoms with Gasteiger partial charge in [0.05, 0.1) is 32.0 Å². The third kappa shape index (κ3) is 5.59. The first-order valence-electron chi connectivity index (χ1n) is 9.75. The van der Waals surface area contributed by atoms with Crippen LogP contribution in [0.4, 0.5) is 17.6 Å². The van der Waals surface area contributed by atoms with E-state index in [1.165, 1.54) is 29.3 Å². The average molecular weight is 504 g/mol. The average Bonchev–Trinajstić information content (AvgIpc) is 3.10. The van der Waals surface area contributed by atoms with E-state index in [0.717, 1.165) is 12.1 Å². The number of pyridine rings is 1. The van der Waals surface area contributed by atoms with Gasteiger partial charge in [-0.25, -0.2) is 18.3 Å². The third-order valence-corrected chi connectivity index (χ3v) is 6.80. The molecule has 0 aliphatic carbocycles. The van der Waals surface area contributed by atoms with E-state index in [0.29, 0.717) is 16.9 Å². The van der Waals surface area contributed by atoms with Crippen molar-refractivity contribution in [3.05, 3.63) is 76.3 Å². The van der Waals surface area contributed by atoms with Gasteiger partial charge in [0, 0.05) is 19.7 Å². The Morgan fingerprint density at radius 1 is 1.09 bits per heavy atom. The summed E-state index contributed by atoms with van der Waals surface area (Å²) in [7, 11) is -0.193. The van der Waals surface area contributed by atoms with Gasteiger partial charge in [-0.15, -0.1) is 0 Å². The molecule has 0 aliphatic rings. The Kier molecular flexibility index (Phi) is 6.97. The number of nitrogens with one attached hydrogen (secondary N) is 1. The highest BCUT2D eigenvalue weighted by molar-refractivity contribution is 7.84. The predicted molar refractivity (Wildman–Crippen MR) is 117 cm³/mol. The van der Waals surface area contributed by atoms with Crippen LogP contribution in [-0.4, -0.2) is 28.7 Å². The molecule has 3 rings (SSSR count). The molecular weight excluding hydrogens is 482 g/mol. The minimum absolute atomic E-state index is 0.120. The molecule has 0 saturated carbocycles. The Morgan fingerprint density at radius 3 is 2.27 bits per heavy atom. The van der Waals surface area contributed by atoms with Crippen molar-refractivity contribution in [2.24, 2.45) is 7.05 Å². The summed E-state index contributed by atoms with van der Waals surface area (Å²) in [6.45, 7) is 5.10. The molecule has 3 aromatic rings. The Labute approximate surface area is 196 Å². The molecule has 6 nitrogen and oxygen atoms in total. The number of aromatic nitrogens is 4. The number of rotatable bonds is 6. The molecule has 2 heterocycles. The van der Waals surface area contributed by atoms with Gasteiger partial charge < -0.3 is 0 Å². The maximum atomic E-state index is 14.5. The molecule has 0 bridgehead atoms. The maximum absolute atomic E-state index is 14.5. The summed E-state index contributed by atoms with van der Waals surface area (Å²) in [6, 6.07) is 5.19. The van der Waals surface area contributed by atoms with Crippen molar-refractivity contribution >= 4 is 22.6 Å². The van der Waals surface area contributed by atoms with Gasteiger partial charge >= 0.3 is 6.18 Å².